The SMILES string of the molecule is Cc1cnoc1C(=O)N(CC(N)=O)C1CCNCC1. The number of primary amides is 1. The van der Waals surface area contributed by atoms with Crippen LogP contribution in [0.4, 0.5) is 0 Å². The molecular formula is C12H18N4O3. The maximum atomic E-state index is 12.4. The third-order valence-electron chi connectivity index (χ3n) is 3.28. The predicted octanol–water partition coefficient (Wildman–Crippen LogP) is -0.337. The molecule has 0 aliphatic carbocycles. The van der Waals surface area contributed by atoms with Crippen molar-refractivity contribution >= 4 is 11.8 Å². The Morgan fingerprint density at radius 2 is 2.21 bits per heavy atom. The summed E-state index contributed by atoms with van der Waals surface area (Å²) in [6, 6.07) is 0.00532. The molecule has 0 saturated carbocycles. The molecule has 2 heterocycles. The molecule has 7 heteroatoms. The van der Waals surface area contributed by atoms with E-state index in [0.717, 1.165) is 25.9 Å². The lowest BCUT2D eigenvalue weighted by Crippen LogP contribution is -2.49. The highest BCUT2D eigenvalue weighted by molar-refractivity contribution is 5.95. The molecule has 2 rings (SSSR count). The number of nitrogens with zero attached hydrogens (tertiary/aromatic N) is 2. The molecule has 1 aliphatic rings. The lowest BCUT2D eigenvalue weighted by Gasteiger charge is -2.33. The van der Waals surface area contributed by atoms with Gasteiger partial charge in [-0.15, -0.1) is 0 Å². The zero-order valence-corrected chi connectivity index (χ0v) is 10.9. The minimum absolute atomic E-state index is 0.00532. The van der Waals surface area contributed by atoms with Gasteiger partial charge in [0, 0.05) is 11.6 Å². The van der Waals surface area contributed by atoms with Crippen molar-refractivity contribution in [1.29, 1.82) is 0 Å². The zero-order valence-electron chi connectivity index (χ0n) is 10.9. The summed E-state index contributed by atoms with van der Waals surface area (Å²) in [7, 11) is 0. The van der Waals surface area contributed by atoms with E-state index in [2.05, 4.69) is 10.5 Å². The number of carbonyl (C=O) groups excluding carboxylic acids is 2. The molecule has 1 fully saturated rings. The topological polar surface area (TPSA) is 101 Å². The lowest BCUT2D eigenvalue weighted by atomic mass is 10.0. The molecular weight excluding hydrogens is 248 g/mol. The van der Waals surface area contributed by atoms with Crippen molar-refractivity contribution in [2.24, 2.45) is 5.73 Å². The van der Waals surface area contributed by atoms with E-state index in [1.165, 1.54) is 11.1 Å². The van der Waals surface area contributed by atoms with Crippen molar-refractivity contribution in [3.63, 3.8) is 0 Å². The van der Waals surface area contributed by atoms with Crippen LogP contribution in [0.1, 0.15) is 29.0 Å². The van der Waals surface area contributed by atoms with Gasteiger partial charge in [0.25, 0.3) is 5.91 Å². The summed E-state index contributed by atoms with van der Waals surface area (Å²) in [5, 5.41) is 6.82. The molecule has 1 aromatic heterocycles. The standard InChI is InChI=1S/C12H18N4O3/c1-8-6-15-19-11(8)12(18)16(7-10(13)17)9-2-4-14-5-3-9/h6,9,14H,2-5,7H2,1H3,(H2,13,17). The van der Waals surface area contributed by atoms with Gasteiger partial charge in [-0.05, 0) is 32.9 Å². The van der Waals surface area contributed by atoms with Gasteiger partial charge in [-0.25, -0.2) is 0 Å². The number of hydrogen-bond donors (Lipinski definition) is 2. The fraction of sp³-hybridized carbons (Fsp3) is 0.583. The molecule has 7 nitrogen and oxygen atoms in total. The van der Waals surface area contributed by atoms with Gasteiger partial charge in [0.15, 0.2) is 0 Å². The van der Waals surface area contributed by atoms with Crippen LogP contribution in [0.25, 0.3) is 0 Å². The first-order valence-electron chi connectivity index (χ1n) is 6.31. The van der Waals surface area contributed by atoms with E-state index >= 15 is 0 Å². The minimum Gasteiger partial charge on any atom is -0.368 e. The Labute approximate surface area is 111 Å². The quantitative estimate of drug-likeness (QED) is 0.776. The fourth-order valence-corrected chi connectivity index (χ4v) is 2.28. The Hall–Kier alpha value is -1.89. The number of amides is 2. The summed E-state index contributed by atoms with van der Waals surface area (Å²) in [5.41, 5.74) is 5.90. The van der Waals surface area contributed by atoms with Crippen LogP contribution in [0.3, 0.4) is 0 Å². The molecule has 1 aliphatic heterocycles. The van der Waals surface area contributed by atoms with Gasteiger partial charge in [-0.1, -0.05) is 5.16 Å². The number of nitrogens with two attached hydrogens (primary N) is 1. The van der Waals surface area contributed by atoms with Crippen LogP contribution in [0.5, 0.6) is 0 Å². The second-order valence-electron chi connectivity index (χ2n) is 4.72. The van der Waals surface area contributed by atoms with E-state index in [4.69, 9.17) is 10.3 Å². The second-order valence-corrected chi connectivity index (χ2v) is 4.72. The summed E-state index contributed by atoms with van der Waals surface area (Å²) < 4.78 is 4.97. The smallest absolute Gasteiger partial charge is 0.293 e. The molecule has 0 radical (unpaired) electrons. The average molecular weight is 266 g/mol. The average Bonchev–Trinajstić information content (AvgIpc) is 2.82. The third-order valence-corrected chi connectivity index (χ3v) is 3.28. The third kappa shape index (κ3) is 3.11. The van der Waals surface area contributed by atoms with Crippen LogP contribution in [-0.2, 0) is 4.79 Å². The highest BCUT2D eigenvalue weighted by Crippen LogP contribution is 2.17. The number of hydrogen-bond acceptors (Lipinski definition) is 5. The summed E-state index contributed by atoms with van der Waals surface area (Å²) in [5.74, 6) is -0.662. The molecule has 0 spiro atoms. The Morgan fingerprint density at radius 3 is 2.74 bits per heavy atom. The number of nitrogens with one attached hydrogen (secondary N) is 1. The molecule has 0 bridgehead atoms. The summed E-state index contributed by atoms with van der Waals surface area (Å²) in [4.78, 5) is 25.1. The van der Waals surface area contributed by atoms with Gasteiger partial charge < -0.3 is 20.5 Å². The Kier molecular flexibility index (Phi) is 4.16. The molecule has 3 N–H and O–H groups in total. The van der Waals surface area contributed by atoms with E-state index < -0.39 is 5.91 Å². The number of carbonyl (C=O) groups is 2. The molecule has 1 saturated heterocycles. The molecule has 0 atom stereocenters. The van der Waals surface area contributed by atoms with Gasteiger partial charge in [0.2, 0.25) is 11.7 Å². The Bertz CT molecular complexity index is 465. The monoisotopic (exact) mass is 266 g/mol. The molecule has 19 heavy (non-hydrogen) atoms. The largest absolute Gasteiger partial charge is 0.368 e. The lowest BCUT2D eigenvalue weighted by molar-refractivity contribution is -0.119. The number of aryl methyl sites for hydroxylation is 1. The molecule has 0 unspecified atom stereocenters. The van der Waals surface area contributed by atoms with Gasteiger partial charge >= 0.3 is 0 Å². The first kappa shape index (κ1) is 13.5. The van der Waals surface area contributed by atoms with Gasteiger partial charge in [-0.3, -0.25) is 9.59 Å². The number of piperidine rings is 1. The maximum absolute atomic E-state index is 12.4. The van der Waals surface area contributed by atoms with Crippen molar-refractivity contribution in [1.82, 2.24) is 15.4 Å². The molecule has 1 aromatic rings. The van der Waals surface area contributed by atoms with Crippen molar-refractivity contribution in [2.45, 2.75) is 25.8 Å². The first-order chi connectivity index (χ1) is 9.09. The van der Waals surface area contributed by atoms with E-state index in [9.17, 15) is 9.59 Å². The van der Waals surface area contributed by atoms with Crippen molar-refractivity contribution in [3.05, 3.63) is 17.5 Å². The summed E-state index contributed by atoms with van der Waals surface area (Å²) >= 11 is 0. The zero-order chi connectivity index (χ0) is 13.8. The van der Waals surface area contributed by atoms with Crippen LogP contribution in [0.15, 0.2) is 10.7 Å². The van der Waals surface area contributed by atoms with Gasteiger partial charge in [0.05, 0.1) is 6.20 Å². The molecule has 2 amide bonds. The van der Waals surface area contributed by atoms with Gasteiger partial charge in [-0.2, -0.15) is 0 Å². The summed E-state index contributed by atoms with van der Waals surface area (Å²) in [6.45, 7) is 3.30. The van der Waals surface area contributed by atoms with E-state index in [1.807, 2.05) is 0 Å². The fourth-order valence-electron chi connectivity index (χ4n) is 2.28. The van der Waals surface area contributed by atoms with Crippen LogP contribution in [-0.4, -0.2) is 47.5 Å². The predicted molar refractivity (Wildman–Crippen MR) is 67.4 cm³/mol. The van der Waals surface area contributed by atoms with Crippen LogP contribution >= 0.6 is 0 Å². The van der Waals surface area contributed by atoms with Crippen LogP contribution in [0, 0.1) is 6.92 Å². The van der Waals surface area contributed by atoms with E-state index in [0.29, 0.717) is 5.56 Å². The number of aromatic nitrogens is 1. The van der Waals surface area contributed by atoms with E-state index in [1.54, 1.807) is 6.92 Å². The second kappa shape index (κ2) is 5.83. The van der Waals surface area contributed by atoms with Crippen molar-refractivity contribution in [2.75, 3.05) is 19.6 Å². The van der Waals surface area contributed by atoms with Gasteiger partial charge in [0.1, 0.15) is 6.54 Å². The normalized spacial score (nSPS) is 16.3. The minimum atomic E-state index is -0.524. The van der Waals surface area contributed by atoms with Crippen LogP contribution < -0.4 is 11.1 Å². The molecule has 104 valence electrons. The van der Waals surface area contributed by atoms with Crippen molar-refractivity contribution in [3.8, 4) is 0 Å². The highest BCUT2D eigenvalue weighted by Gasteiger charge is 2.30. The first-order valence-corrected chi connectivity index (χ1v) is 6.31. The molecule has 0 aromatic carbocycles. The van der Waals surface area contributed by atoms with Crippen LogP contribution in [0.2, 0.25) is 0 Å². The summed E-state index contributed by atoms with van der Waals surface area (Å²) in [6.07, 6.45) is 3.08. The van der Waals surface area contributed by atoms with Crippen molar-refractivity contribution < 1.29 is 14.1 Å². The Morgan fingerprint density at radius 1 is 1.53 bits per heavy atom. The Balaban J connectivity index is 2.19. The highest BCUT2D eigenvalue weighted by atomic mass is 16.5. The maximum Gasteiger partial charge on any atom is 0.293 e. The number of rotatable bonds is 4. The van der Waals surface area contributed by atoms with E-state index in [-0.39, 0.29) is 24.3 Å².